The van der Waals surface area contributed by atoms with Gasteiger partial charge in [0.25, 0.3) is 5.56 Å². The molecule has 3 rings (SSSR count). The van der Waals surface area contributed by atoms with Gasteiger partial charge in [0.1, 0.15) is 4.83 Å². The summed E-state index contributed by atoms with van der Waals surface area (Å²) >= 11 is 4.39. The zero-order valence-corrected chi connectivity index (χ0v) is 13.8. The molecule has 0 radical (unpaired) electrons. The van der Waals surface area contributed by atoms with E-state index in [4.69, 9.17) is 5.26 Å². The van der Waals surface area contributed by atoms with Crippen molar-refractivity contribution in [2.45, 2.75) is 17.3 Å². The van der Waals surface area contributed by atoms with Crippen LogP contribution >= 0.6 is 34.4 Å². The molecule has 1 unspecified atom stereocenters. The number of thioether (sulfide) groups is 1. The van der Waals surface area contributed by atoms with Gasteiger partial charge < -0.3 is 0 Å². The lowest BCUT2D eigenvalue weighted by Crippen LogP contribution is -2.20. The number of nitrogens with zero attached hydrogens (tertiary/aromatic N) is 3. The number of aromatic nitrogens is 2. The van der Waals surface area contributed by atoms with Crippen molar-refractivity contribution in [3.63, 3.8) is 0 Å². The summed E-state index contributed by atoms with van der Waals surface area (Å²) in [4.78, 5) is 19.0. The second-order valence-electron chi connectivity index (χ2n) is 4.45. The molecule has 0 saturated carbocycles. The Labute approximate surface area is 133 Å². The van der Waals surface area contributed by atoms with Crippen LogP contribution in [0.2, 0.25) is 0 Å². The van der Waals surface area contributed by atoms with E-state index in [9.17, 15) is 4.79 Å². The van der Waals surface area contributed by atoms with Crippen molar-refractivity contribution in [3.8, 4) is 16.5 Å². The fraction of sp³-hybridized carbons (Fsp3) is 0.214. The third-order valence-electron chi connectivity index (χ3n) is 3.02. The Hall–Kier alpha value is -1.62. The normalized spacial score (nSPS) is 12.4. The summed E-state index contributed by atoms with van der Waals surface area (Å²) in [5.41, 5.74) is 0.889. The van der Waals surface area contributed by atoms with E-state index in [0.29, 0.717) is 10.5 Å². The van der Waals surface area contributed by atoms with Crippen LogP contribution < -0.4 is 5.56 Å². The van der Waals surface area contributed by atoms with Crippen LogP contribution in [0.3, 0.4) is 0 Å². The van der Waals surface area contributed by atoms with Gasteiger partial charge >= 0.3 is 0 Å². The lowest BCUT2D eigenvalue weighted by Gasteiger charge is -2.08. The standard InChI is InChI=1S/C14H11N3OS3/c1-8(6-15)21-14-16-12-11(13(18)17(14)2)9(7-20-12)10-4-3-5-19-10/h3-5,7-8H,1-2H3. The minimum atomic E-state index is -0.239. The molecular weight excluding hydrogens is 322 g/mol. The van der Waals surface area contributed by atoms with E-state index < -0.39 is 0 Å². The van der Waals surface area contributed by atoms with Crippen LogP contribution in [0.4, 0.5) is 0 Å². The first-order chi connectivity index (χ1) is 10.1. The Morgan fingerprint density at radius 2 is 2.29 bits per heavy atom. The molecule has 0 aliphatic carbocycles. The lowest BCUT2D eigenvalue weighted by atomic mass is 10.2. The molecule has 3 heterocycles. The molecule has 1 atom stereocenters. The fourth-order valence-electron chi connectivity index (χ4n) is 1.96. The Kier molecular flexibility index (Phi) is 3.85. The SMILES string of the molecule is CC(C#N)Sc1nc2scc(-c3cccs3)c2c(=O)n1C. The molecule has 21 heavy (non-hydrogen) atoms. The topological polar surface area (TPSA) is 58.7 Å². The van der Waals surface area contributed by atoms with E-state index >= 15 is 0 Å². The summed E-state index contributed by atoms with van der Waals surface area (Å²) in [7, 11) is 1.71. The second-order valence-corrected chi connectivity index (χ2v) is 7.57. The van der Waals surface area contributed by atoms with Crippen molar-refractivity contribution >= 4 is 44.7 Å². The molecular formula is C14H11N3OS3. The summed E-state index contributed by atoms with van der Waals surface area (Å²) in [5.74, 6) is 0. The maximum absolute atomic E-state index is 12.6. The van der Waals surface area contributed by atoms with Crippen LogP contribution in [0, 0.1) is 11.3 Å². The van der Waals surface area contributed by atoms with Crippen LogP contribution in [0.5, 0.6) is 0 Å². The van der Waals surface area contributed by atoms with Gasteiger partial charge in [-0.15, -0.1) is 22.7 Å². The lowest BCUT2D eigenvalue weighted by molar-refractivity contribution is 0.727. The summed E-state index contributed by atoms with van der Waals surface area (Å²) in [5, 5.41) is 13.9. The number of rotatable bonds is 3. The largest absolute Gasteiger partial charge is 0.290 e. The van der Waals surface area contributed by atoms with Gasteiger partial charge in [-0.3, -0.25) is 9.36 Å². The first kappa shape index (κ1) is 14.3. The minimum Gasteiger partial charge on any atom is -0.290 e. The molecule has 7 heteroatoms. The molecule has 0 bridgehead atoms. The fourth-order valence-corrected chi connectivity index (χ4v) is 4.52. The zero-order valence-electron chi connectivity index (χ0n) is 11.4. The summed E-state index contributed by atoms with van der Waals surface area (Å²) in [6.45, 7) is 1.80. The zero-order chi connectivity index (χ0) is 15.0. The molecule has 106 valence electrons. The van der Waals surface area contributed by atoms with E-state index in [-0.39, 0.29) is 10.8 Å². The van der Waals surface area contributed by atoms with Crippen LogP contribution in [0.25, 0.3) is 20.7 Å². The monoisotopic (exact) mass is 333 g/mol. The van der Waals surface area contributed by atoms with Crippen molar-refractivity contribution in [1.29, 1.82) is 5.26 Å². The van der Waals surface area contributed by atoms with E-state index in [1.165, 1.54) is 27.7 Å². The molecule has 0 N–H and O–H groups in total. The van der Waals surface area contributed by atoms with Crippen LogP contribution in [-0.2, 0) is 7.05 Å². The van der Waals surface area contributed by atoms with E-state index in [1.807, 2.05) is 22.9 Å². The Morgan fingerprint density at radius 3 is 2.95 bits per heavy atom. The third kappa shape index (κ3) is 2.50. The molecule has 0 amide bonds. The molecule has 3 aromatic heterocycles. The smallest absolute Gasteiger partial charge is 0.263 e. The van der Waals surface area contributed by atoms with Gasteiger partial charge in [-0.05, 0) is 18.4 Å². The molecule has 0 aliphatic rings. The highest BCUT2D eigenvalue weighted by molar-refractivity contribution is 8.00. The van der Waals surface area contributed by atoms with Gasteiger partial charge in [0.2, 0.25) is 0 Å². The number of hydrogen-bond donors (Lipinski definition) is 0. The van der Waals surface area contributed by atoms with Crippen LogP contribution in [-0.4, -0.2) is 14.8 Å². The van der Waals surface area contributed by atoms with Crippen LogP contribution in [0.15, 0.2) is 32.8 Å². The maximum Gasteiger partial charge on any atom is 0.263 e. The molecule has 0 aliphatic heterocycles. The average Bonchev–Trinajstić information content (AvgIpc) is 3.12. The second kappa shape index (κ2) is 5.64. The average molecular weight is 333 g/mol. The minimum absolute atomic E-state index is 0.0581. The molecule has 0 fully saturated rings. The van der Waals surface area contributed by atoms with Crippen molar-refractivity contribution in [2.75, 3.05) is 0 Å². The summed E-state index contributed by atoms with van der Waals surface area (Å²) in [6.07, 6.45) is 0. The predicted octanol–water partition coefficient (Wildman–Crippen LogP) is 3.73. The van der Waals surface area contributed by atoms with Gasteiger partial charge in [0.05, 0.1) is 16.7 Å². The van der Waals surface area contributed by atoms with Crippen LogP contribution in [0.1, 0.15) is 6.92 Å². The Morgan fingerprint density at radius 1 is 1.48 bits per heavy atom. The highest BCUT2D eigenvalue weighted by atomic mass is 32.2. The first-order valence-electron chi connectivity index (χ1n) is 6.20. The predicted molar refractivity (Wildman–Crippen MR) is 89.1 cm³/mol. The molecule has 4 nitrogen and oxygen atoms in total. The third-order valence-corrected chi connectivity index (χ3v) is 5.84. The number of nitriles is 1. The van der Waals surface area contributed by atoms with Gasteiger partial charge in [-0.2, -0.15) is 5.26 Å². The highest BCUT2D eigenvalue weighted by Gasteiger charge is 2.17. The Balaban J connectivity index is 2.21. The number of hydrogen-bond acceptors (Lipinski definition) is 6. The van der Waals surface area contributed by atoms with Crippen molar-refractivity contribution < 1.29 is 0 Å². The van der Waals surface area contributed by atoms with Gasteiger partial charge in [0, 0.05) is 22.9 Å². The quantitative estimate of drug-likeness (QED) is 0.541. The highest BCUT2D eigenvalue weighted by Crippen LogP contribution is 2.34. The van der Waals surface area contributed by atoms with Crippen molar-refractivity contribution in [3.05, 3.63) is 33.2 Å². The van der Waals surface area contributed by atoms with E-state index in [1.54, 1.807) is 25.3 Å². The van der Waals surface area contributed by atoms with Gasteiger partial charge in [-0.25, -0.2) is 4.98 Å². The molecule has 3 aromatic rings. The van der Waals surface area contributed by atoms with Gasteiger partial charge in [-0.1, -0.05) is 17.8 Å². The molecule has 0 saturated heterocycles. The number of thiophene rings is 2. The van der Waals surface area contributed by atoms with Crippen molar-refractivity contribution in [2.24, 2.45) is 7.05 Å². The Bertz CT molecular complexity index is 887. The van der Waals surface area contributed by atoms with Gasteiger partial charge in [0.15, 0.2) is 5.16 Å². The maximum atomic E-state index is 12.6. The summed E-state index contributed by atoms with van der Waals surface area (Å²) in [6, 6.07) is 6.13. The van der Waals surface area contributed by atoms with Crippen molar-refractivity contribution in [1.82, 2.24) is 9.55 Å². The number of fused-ring (bicyclic) bond motifs is 1. The molecule has 0 spiro atoms. The molecule has 0 aromatic carbocycles. The van der Waals surface area contributed by atoms with E-state index in [0.717, 1.165) is 15.3 Å². The van der Waals surface area contributed by atoms with E-state index in [2.05, 4.69) is 11.1 Å². The first-order valence-corrected chi connectivity index (χ1v) is 8.84. The summed E-state index contributed by atoms with van der Waals surface area (Å²) < 4.78 is 1.53.